The fraction of sp³-hybridized carbons (Fsp3) is 0.800. The third-order valence-electron chi connectivity index (χ3n) is 0.853. The van der Waals surface area contributed by atoms with Gasteiger partial charge in [0.1, 0.15) is 0 Å². The molecule has 0 fully saturated rings. The molecule has 0 rings (SSSR count). The second-order valence-corrected chi connectivity index (χ2v) is 3.26. The van der Waals surface area contributed by atoms with Crippen molar-refractivity contribution in [1.82, 2.24) is 0 Å². The molecule has 0 saturated heterocycles. The van der Waals surface area contributed by atoms with Crippen LogP contribution in [0.15, 0.2) is 0 Å². The first-order chi connectivity index (χ1) is 5.42. The van der Waals surface area contributed by atoms with Crippen molar-refractivity contribution in [3.8, 4) is 0 Å². The number of ether oxygens (including phenoxy) is 1. The maximum atomic E-state index is 10.2. The van der Waals surface area contributed by atoms with Gasteiger partial charge < -0.3 is 14.5 Å². The third kappa shape index (κ3) is 9.58. The minimum absolute atomic E-state index is 0.106. The summed E-state index contributed by atoms with van der Waals surface area (Å²) in [7, 11) is -4.37. The van der Waals surface area contributed by atoms with Gasteiger partial charge in [-0.2, -0.15) is 0 Å². The van der Waals surface area contributed by atoms with Crippen LogP contribution in [0.2, 0.25) is 0 Å². The molecule has 0 unspecified atom stereocenters. The summed E-state index contributed by atoms with van der Waals surface area (Å²) in [6, 6.07) is 0. The zero-order chi connectivity index (χ0) is 9.61. The van der Waals surface area contributed by atoms with Crippen molar-refractivity contribution < 1.29 is 28.4 Å². The number of phosphoric ester groups is 1. The van der Waals surface area contributed by atoms with Crippen LogP contribution in [0, 0.1) is 0 Å². The monoisotopic (exact) mass is 198 g/mol. The molecule has 0 aromatic carbocycles. The van der Waals surface area contributed by atoms with Gasteiger partial charge in [0.05, 0.1) is 13.2 Å². The summed E-state index contributed by atoms with van der Waals surface area (Å²) in [6.45, 7) is 1.23. The lowest BCUT2D eigenvalue weighted by Gasteiger charge is -2.04. The molecule has 72 valence electrons. The molecule has 0 aromatic heterocycles. The summed E-state index contributed by atoms with van der Waals surface area (Å²) in [6.07, 6.45) is 0.269. The van der Waals surface area contributed by atoms with E-state index >= 15 is 0 Å². The first kappa shape index (κ1) is 11.6. The Kier molecular flexibility index (Phi) is 5.08. The molecule has 0 saturated carbocycles. The van der Waals surface area contributed by atoms with Crippen molar-refractivity contribution in [2.75, 3.05) is 13.2 Å². The summed E-state index contributed by atoms with van der Waals surface area (Å²) in [5.41, 5.74) is 0. The molecule has 0 aliphatic heterocycles. The van der Waals surface area contributed by atoms with E-state index in [0.717, 1.165) is 0 Å². The van der Waals surface area contributed by atoms with Crippen LogP contribution in [0.1, 0.15) is 13.3 Å². The number of rotatable bonds is 5. The van der Waals surface area contributed by atoms with Crippen LogP contribution in [0.5, 0.6) is 0 Å². The van der Waals surface area contributed by atoms with E-state index in [1.54, 1.807) is 0 Å². The van der Waals surface area contributed by atoms with Crippen molar-refractivity contribution in [3.05, 3.63) is 0 Å². The Morgan fingerprint density at radius 3 is 2.42 bits per heavy atom. The normalized spacial score (nSPS) is 11.2. The molecule has 6 nitrogen and oxygen atoms in total. The first-order valence-electron chi connectivity index (χ1n) is 3.25. The Bertz CT molecular complexity index is 184. The van der Waals surface area contributed by atoms with Gasteiger partial charge in [-0.3, -0.25) is 9.32 Å². The van der Waals surface area contributed by atoms with Gasteiger partial charge in [-0.15, -0.1) is 0 Å². The van der Waals surface area contributed by atoms with E-state index in [1.165, 1.54) is 6.92 Å². The van der Waals surface area contributed by atoms with Gasteiger partial charge in [0.25, 0.3) is 0 Å². The molecule has 0 aromatic rings. The summed E-state index contributed by atoms with van der Waals surface area (Å²) in [4.78, 5) is 26.6. The van der Waals surface area contributed by atoms with Gasteiger partial charge in [-0.05, 0) is 0 Å². The molecule has 0 radical (unpaired) electrons. The highest BCUT2D eigenvalue weighted by Gasteiger charge is 2.12. The molecule has 0 heterocycles. The smallest absolute Gasteiger partial charge is 0.466 e. The lowest BCUT2D eigenvalue weighted by atomic mass is 10.5. The maximum absolute atomic E-state index is 10.2. The Morgan fingerprint density at radius 2 is 2.00 bits per heavy atom. The Labute approximate surface area is 69.7 Å². The summed E-state index contributed by atoms with van der Waals surface area (Å²) in [5, 5.41) is 0. The van der Waals surface area contributed by atoms with Gasteiger partial charge in [0.2, 0.25) is 0 Å². The van der Waals surface area contributed by atoms with Gasteiger partial charge in [0.15, 0.2) is 0 Å². The molecule has 0 atom stereocenters. The standard InChI is InChI=1S/C5H11O6P/c1-5(6)10-3-2-4-11-12(7,8)9/h2-4H2,1H3,(H2,7,8,9). The first-order valence-corrected chi connectivity index (χ1v) is 4.78. The van der Waals surface area contributed by atoms with Crippen molar-refractivity contribution in [1.29, 1.82) is 0 Å². The van der Waals surface area contributed by atoms with Crippen molar-refractivity contribution in [2.45, 2.75) is 13.3 Å². The molecule has 2 N–H and O–H groups in total. The van der Waals surface area contributed by atoms with Crippen molar-refractivity contribution >= 4 is 13.8 Å². The topological polar surface area (TPSA) is 93.1 Å². The van der Waals surface area contributed by atoms with Gasteiger partial charge >= 0.3 is 13.8 Å². The summed E-state index contributed by atoms with van der Waals surface area (Å²) in [5.74, 6) is -0.425. The van der Waals surface area contributed by atoms with Crippen LogP contribution in [0.3, 0.4) is 0 Å². The van der Waals surface area contributed by atoms with Gasteiger partial charge in [-0.1, -0.05) is 0 Å². The largest absolute Gasteiger partial charge is 0.469 e. The fourth-order valence-electron chi connectivity index (χ4n) is 0.458. The summed E-state index contributed by atoms with van der Waals surface area (Å²) >= 11 is 0. The minimum Gasteiger partial charge on any atom is -0.466 e. The number of hydrogen-bond acceptors (Lipinski definition) is 4. The molecule has 0 aliphatic rings. The van der Waals surface area contributed by atoms with Crippen LogP contribution in [-0.4, -0.2) is 29.0 Å². The van der Waals surface area contributed by atoms with Crippen LogP contribution in [0.4, 0.5) is 0 Å². The highest BCUT2D eigenvalue weighted by molar-refractivity contribution is 7.46. The Morgan fingerprint density at radius 1 is 1.42 bits per heavy atom. The van der Waals surface area contributed by atoms with Crippen molar-refractivity contribution in [3.63, 3.8) is 0 Å². The lowest BCUT2D eigenvalue weighted by Crippen LogP contribution is -2.03. The summed E-state index contributed by atoms with van der Waals surface area (Å²) < 4.78 is 18.7. The van der Waals surface area contributed by atoms with E-state index in [2.05, 4.69) is 9.26 Å². The zero-order valence-electron chi connectivity index (χ0n) is 6.60. The quantitative estimate of drug-likeness (QED) is 0.368. The predicted octanol–water partition coefficient (Wildman–Crippen LogP) is 0.0489. The van der Waals surface area contributed by atoms with Crippen LogP contribution in [0.25, 0.3) is 0 Å². The zero-order valence-corrected chi connectivity index (χ0v) is 7.49. The van der Waals surface area contributed by atoms with Crippen LogP contribution < -0.4 is 0 Å². The highest BCUT2D eigenvalue weighted by Crippen LogP contribution is 2.35. The second kappa shape index (κ2) is 5.27. The number of carbonyl (C=O) groups is 1. The average molecular weight is 198 g/mol. The highest BCUT2D eigenvalue weighted by atomic mass is 31.2. The molecule has 7 heteroatoms. The number of carbonyl (C=O) groups excluding carboxylic acids is 1. The molecular formula is C5H11O6P. The number of esters is 1. The van der Waals surface area contributed by atoms with Gasteiger partial charge in [0, 0.05) is 13.3 Å². The van der Waals surface area contributed by atoms with E-state index < -0.39 is 13.8 Å². The Balaban J connectivity index is 3.23. The second-order valence-electron chi connectivity index (χ2n) is 2.02. The number of phosphoric acid groups is 1. The molecule has 0 aliphatic carbocycles. The lowest BCUT2D eigenvalue weighted by molar-refractivity contribution is -0.141. The fourth-order valence-corrected chi connectivity index (χ4v) is 0.825. The molecule has 0 bridgehead atoms. The Hall–Kier alpha value is -0.420. The average Bonchev–Trinajstić information content (AvgIpc) is 1.83. The third-order valence-corrected chi connectivity index (χ3v) is 1.37. The van der Waals surface area contributed by atoms with Crippen LogP contribution in [-0.2, 0) is 18.6 Å². The minimum atomic E-state index is -4.37. The van der Waals surface area contributed by atoms with Gasteiger partial charge in [-0.25, -0.2) is 4.57 Å². The molecular weight excluding hydrogens is 187 g/mol. The van der Waals surface area contributed by atoms with Crippen LogP contribution >= 0.6 is 7.82 Å². The van der Waals surface area contributed by atoms with E-state index in [-0.39, 0.29) is 19.6 Å². The number of hydrogen-bond donors (Lipinski definition) is 2. The van der Waals surface area contributed by atoms with E-state index in [1.807, 2.05) is 0 Å². The van der Waals surface area contributed by atoms with E-state index in [9.17, 15) is 9.36 Å². The van der Waals surface area contributed by atoms with E-state index in [0.29, 0.717) is 0 Å². The van der Waals surface area contributed by atoms with Crippen molar-refractivity contribution in [2.24, 2.45) is 0 Å². The predicted molar refractivity (Wildman–Crippen MR) is 39.2 cm³/mol. The van der Waals surface area contributed by atoms with E-state index in [4.69, 9.17) is 9.79 Å². The maximum Gasteiger partial charge on any atom is 0.469 e. The molecule has 12 heavy (non-hydrogen) atoms. The SMILES string of the molecule is CC(=O)OCCCOP(=O)(O)O. The molecule has 0 amide bonds. The molecule has 0 spiro atoms.